The van der Waals surface area contributed by atoms with Crippen molar-refractivity contribution in [2.45, 2.75) is 20.0 Å². The van der Waals surface area contributed by atoms with E-state index < -0.39 is 17.8 Å². The number of rotatable bonds is 8. The molecular weight excluding hydrogens is 493 g/mol. The number of benzene rings is 2. The first-order valence-electron chi connectivity index (χ1n) is 11.7. The van der Waals surface area contributed by atoms with E-state index in [0.29, 0.717) is 17.4 Å². The number of anilines is 1. The highest BCUT2D eigenvalue weighted by Gasteiger charge is 2.25. The van der Waals surface area contributed by atoms with Crippen LogP contribution in [-0.2, 0) is 32.1 Å². The number of esters is 2. The Morgan fingerprint density at radius 1 is 0.974 bits per heavy atom. The van der Waals surface area contributed by atoms with E-state index in [0.717, 1.165) is 11.1 Å². The minimum absolute atomic E-state index is 0.00345. The van der Waals surface area contributed by atoms with Gasteiger partial charge in [0, 0.05) is 11.6 Å². The summed E-state index contributed by atoms with van der Waals surface area (Å²) in [5, 5.41) is 2.73. The van der Waals surface area contributed by atoms with Crippen molar-refractivity contribution in [1.29, 1.82) is 0 Å². The Kier molecular flexibility index (Phi) is 8.22. The van der Waals surface area contributed by atoms with Crippen molar-refractivity contribution in [3.63, 3.8) is 0 Å². The van der Waals surface area contributed by atoms with Crippen molar-refractivity contribution in [2.24, 2.45) is 0 Å². The van der Waals surface area contributed by atoms with Crippen molar-refractivity contribution in [3.8, 4) is 5.75 Å². The third kappa shape index (κ3) is 6.09. The number of fused-ring (bicyclic) bond motifs is 1. The molecule has 38 heavy (non-hydrogen) atoms. The maximum absolute atomic E-state index is 13.3. The van der Waals surface area contributed by atoms with Crippen LogP contribution in [0.15, 0.2) is 66.9 Å². The van der Waals surface area contributed by atoms with Gasteiger partial charge < -0.3 is 19.5 Å². The zero-order valence-corrected chi connectivity index (χ0v) is 20.7. The lowest BCUT2D eigenvalue weighted by Crippen LogP contribution is -2.26. The van der Waals surface area contributed by atoms with Gasteiger partial charge in [-0.15, -0.1) is 0 Å². The molecule has 2 aromatic heterocycles. The van der Waals surface area contributed by atoms with Gasteiger partial charge in [-0.3, -0.25) is 9.78 Å². The van der Waals surface area contributed by atoms with E-state index in [4.69, 9.17) is 14.2 Å². The molecule has 0 spiro atoms. The lowest BCUT2D eigenvalue weighted by Gasteiger charge is -2.16. The molecule has 0 unspecified atom stereocenters. The third-order valence-corrected chi connectivity index (χ3v) is 5.47. The number of nitrogens with one attached hydrogen (secondary N) is 1. The predicted molar refractivity (Wildman–Crippen MR) is 136 cm³/mol. The normalized spacial score (nSPS) is 10.6. The molecule has 0 saturated carbocycles. The number of carbonyl (C=O) groups is 3. The van der Waals surface area contributed by atoms with E-state index in [9.17, 15) is 18.8 Å². The van der Waals surface area contributed by atoms with Crippen molar-refractivity contribution >= 4 is 34.6 Å². The summed E-state index contributed by atoms with van der Waals surface area (Å²) < 4.78 is 29.0. The SMILES string of the molecule is CCOC(=O)C(=O)Nc1nc(C(=O)OC)c(OCc2ccccc2)c2ncc(Cc3ccc(F)cc3)cc12. The van der Waals surface area contributed by atoms with Crippen LogP contribution in [0.25, 0.3) is 10.9 Å². The van der Waals surface area contributed by atoms with Gasteiger partial charge in [0.15, 0.2) is 11.4 Å². The number of ether oxygens (including phenoxy) is 3. The number of hydrogen-bond acceptors (Lipinski definition) is 8. The number of amides is 1. The summed E-state index contributed by atoms with van der Waals surface area (Å²) in [5.74, 6) is -3.40. The highest BCUT2D eigenvalue weighted by molar-refractivity contribution is 6.37. The zero-order chi connectivity index (χ0) is 27.1. The Balaban J connectivity index is 1.82. The maximum atomic E-state index is 13.3. The van der Waals surface area contributed by atoms with Gasteiger partial charge in [-0.2, -0.15) is 0 Å². The number of methoxy groups -OCH3 is 1. The molecule has 0 bridgehead atoms. The highest BCUT2D eigenvalue weighted by atomic mass is 19.1. The van der Waals surface area contributed by atoms with Gasteiger partial charge in [0.2, 0.25) is 0 Å². The van der Waals surface area contributed by atoms with Crippen LogP contribution in [0.3, 0.4) is 0 Å². The van der Waals surface area contributed by atoms with Crippen molar-refractivity contribution in [1.82, 2.24) is 9.97 Å². The van der Waals surface area contributed by atoms with E-state index in [2.05, 4.69) is 15.3 Å². The average molecular weight is 518 g/mol. The first-order valence-corrected chi connectivity index (χ1v) is 11.7. The molecule has 1 amide bonds. The molecule has 0 aliphatic heterocycles. The molecule has 2 aromatic carbocycles. The van der Waals surface area contributed by atoms with Gasteiger partial charge in [-0.1, -0.05) is 42.5 Å². The molecule has 4 aromatic rings. The molecule has 0 saturated heterocycles. The smallest absolute Gasteiger partial charge is 0.397 e. The topological polar surface area (TPSA) is 117 Å². The molecule has 0 atom stereocenters. The van der Waals surface area contributed by atoms with Crippen LogP contribution in [0.1, 0.15) is 34.1 Å². The van der Waals surface area contributed by atoms with E-state index in [1.807, 2.05) is 30.3 Å². The molecule has 194 valence electrons. The number of carbonyl (C=O) groups excluding carboxylic acids is 3. The second-order valence-electron chi connectivity index (χ2n) is 8.12. The fourth-order valence-electron chi connectivity index (χ4n) is 3.69. The first kappa shape index (κ1) is 26.2. The maximum Gasteiger partial charge on any atom is 0.397 e. The molecule has 10 heteroatoms. The highest BCUT2D eigenvalue weighted by Crippen LogP contribution is 2.34. The minimum Gasteiger partial charge on any atom is -0.484 e. The Bertz CT molecular complexity index is 1480. The van der Waals surface area contributed by atoms with Crippen LogP contribution in [0.2, 0.25) is 0 Å². The molecule has 4 rings (SSSR count). The van der Waals surface area contributed by atoms with Crippen LogP contribution in [-0.4, -0.2) is 41.5 Å². The fourth-order valence-corrected chi connectivity index (χ4v) is 3.69. The Hall–Kier alpha value is -4.86. The predicted octanol–water partition coefficient (Wildman–Crippen LogP) is 4.23. The summed E-state index contributed by atoms with van der Waals surface area (Å²) in [4.78, 5) is 46.0. The van der Waals surface area contributed by atoms with Crippen LogP contribution < -0.4 is 10.1 Å². The van der Waals surface area contributed by atoms with E-state index >= 15 is 0 Å². The lowest BCUT2D eigenvalue weighted by atomic mass is 10.0. The van der Waals surface area contributed by atoms with Gasteiger partial charge in [0.1, 0.15) is 23.8 Å². The van der Waals surface area contributed by atoms with Gasteiger partial charge in [0.05, 0.1) is 13.7 Å². The number of pyridine rings is 2. The second-order valence-corrected chi connectivity index (χ2v) is 8.12. The van der Waals surface area contributed by atoms with Gasteiger partial charge >= 0.3 is 17.8 Å². The Labute approximate surface area is 217 Å². The van der Waals surface area contributed by atoms with Gasteiger partial charge in [-0.05, 0) is 48.2 Å². The van der Waals surface area contributed by atoms with E-state index in [1.54, 1.807) is 31.3 Å². The fraction of sp³-hybridized carbons (Fsp3) is 0.179. The largest absolute Gasteiger partial charge is 0.484 e. The van der Waals surface area contributed by atoms with Crippen LogP contribution in [0, 0.1) is 5.82 Å². The van der Waals surface area contributed by atoms with Crippen LogP contribution in [0.4, 0.5) is 10.2 Å². The second kappa shape index (κ2) is 11.9. The standard InChI is InChI=1S/C28H24FN3O6/c1-3-37-28(35)26(33)32-25-21-14-19(13-17-9-11-20(29)12-10-17)15-30-22(21)24(23(31-25)27(34)36-2)38-16-18-7-5-4-6-8-18/h4-12,14-15H,3,13,16H2,1-2H3,(H,31,32,33). The summed E-state index contributed by atoms with van der Waals surface area (Å²) >= 11 is 0. The molecule has 1 N–H and O–H groups in total. The summed E-state index contributed by atoms with van der Waals surface area (Å²) in [5.41, 5.74) is 2.36. The third-order valence-electron chi connectivity index (χ3n) is 5.47. The van der Waals surface area contributed by atoms with E-state index in [1.165, 1.54) is 19.2 Å². The Morgan fingerprint density at radius 3 is 2.39 bits per heavy atom. The molecular formula is C28H24FN3O6. The summed E-state index contributed by atoms with van der Waals surface area (Å²) in [6.45, 7) is 1.68. The quantitative estimate of drug-likeness (QED) is 0.273. The summed E-state index contributed by atoms with van der Waals surface area (Å²) in [6.07, 6.45) is 1.98. The van der Waals surface area contributed by atoms with Crippen molar-refractivity contribution in [2.75, 3.05) is 19.0 Å². The number of nitrogens with zero attached hydrogens (tertiary/aromatic N) is 2. The molecule has 0 aliphatic rings. The first-order chi connectivity index (χ1) is 18.4. The molecule has 2 heterocycles. The van der Waals surface area contributed by atoms with Crippen molar-refractivity contribution in [3.05, 3.63) is 95.1 Å². The number of hydrogen-bond donors (Lipinski definition) is 1. The van der Waals surface area contributed by atoms with Crippen LogP contribution in [0.5, 0.6) is 5.75 Å². The monoisotopic (exact) mass is 517 g/mol. The molecule has 9 nitrogen and oxygen atoms in total. The van der Waals surface area contributed by atoms with Gasteiger partial charge in [-0.25, -0.2) is 19.0 Å². The number of aromatic nitrogens is 2. The molecule has 0 fully saturated rings. The average Bonchev–Trinajstić information content (AvgIpc) is 2.93. The van der Waals surface area contributed by atoms with Crippen LogP contribution >= 0.6 is 0 Å². The van der Waals surface area contributed by atoms with Crippen molar-refractivity contribution < 1.29 is 33.0 Å². The summed E-state index contributed by atoms with van der Waals surface area (Å²) in [6, 6.07) is 17.0. The van der Waals surface area contributed by atoms with E-state index in [-0.39, 0.29) is 41.8 Å². The van der Waals surface area contributed by atoms with Gasteiger partial charge in [0.25, 0.3) is 0 Å². The lowest BCUT2D eigenvalue weighted by molar-refractivity contribution is -0.152. The Morgan fingerprint density at radius 2 is 1.71 bits per heavy atom. The summed E-state index contributed by atoms with van der Waals surface area (Å²) in [7, 11) is 1.19. The minimum atomic E-state index is -1.11. The molecule has 0 aliphatic carbocycles. The molecule has 0 radical (unpaired) electrons. The number of halogens is 1. The zero-order valence-electron chi connectivity index (χ0n) is 20.7.